The molecule has 102 valence electrons. The van der Waals surface area contributed by atoms with Gasteiger partial charge < -0.3 is 5.32 Å². The maximum absolute atomic E-state index is 12.2. The van der Waals surface area contributed by atoms with E-state index in [0.29, 0.717) is 24.1 Å². The predicted octanol–water partition coefficient (Wildman–Crippen LogP) is 1.24. The summed E-state index contributed by atoms with van der Waals surface area (Å²) in [5.74, 6) is 0. The standard InChI is InChI=1S/C14H15N5O/c1-18-13-12(9-17-18)14(20)19(10-16-13)8-7-15-11-5-3-2-4-6-11/h2-6,9-10,15H,7-8H2,1H3. The minimum absolute atomic E-state index is 0.0574. The van der Waals surface area contributed by atoms with Crippen LogP contribution in [0.1, 0.15) is 0 Å². The number of fused-ring (bicyclic) bond motifs is 1. The summed E-state index contributed by atoms with van der Waals surface area (Å²) in [6, 6.07) is 9.89. The van der Waals surface area contributed by atoms with Gasteiger partial charge >= 0.3 is 0 Å². The lowest BCUT2D eigenvalue weighted by molar-refractivity contribution is 0.686. The van der Waals surface area contributed by atoms with E-state index in [1.807, 2.05) is 30.3 Å². The molecule has 20 heavy (non-hydrogen) atoms. The highest BCUT2D eigenvalue weighted by Crippen LogP contribution is 2.05. The molecule has 0 aliphatic heterocycles. The third-order valence-electron chi connectivity index (χ3n) is 3.17. The summed E-state index contributed by atoms with van der Waals surface area (Å²) >= 11 is 0. The minimum atomic E-state index is -0.0574. The first-order chi connectivity index (χ1) is 9.75. The van der Waals surface area contributed by atoms with Crippen LogP contribution in [0, 0.1) is 0 Å². The highest BCUT2D eigenvalue weighted by atomic mass is 16.1. The highest BCUT2D eigenvalue weighted by molar-refractivity contribution is 5.72. The van der Waals surface area contributed by atoms with Crippen molar-refractivity contribution in [2.24, 2.45) is 7.05 Å². The van der Waals surface area contributed by atoms with Crippen LogP contribution in [0.4, 0.5) is 5.69 Å². The average molecular weight is 269 g/mol. The predicted molar refractivity (Wildman–Crippen MR) is 77.7 cm³/mol. The van der Waals surface area contributed by atoms with Crippen LogP contribution < -0.4 is 10.9 Å². The van der Waals surface area contributed by atoms with E-state index < -0.39 is 0 Å². The summed E-state index contributed by atoms with van der Waals surface area (Å²) in [5, 5.41) is 7.87. The molecule has 0 unspecified atom stereocenters. The van der Waals surface area contributed by atoms with E-state index in [4.69, 9.17) is 0 Å². The van der Waals surface area contributed by atoms with Crippen LogP contribution in [0.3, 0.4) is 0 Å². The SMILES string of the molecule is Cn1ncc2c(=O)n(CCNc3ccccc3)cnc21. The molecule has 2 aromatic heterocycles. The Kier molecular flexibility index (Phi) is 3.20. The van der Waals surface area contributed by atoms with Gasteiger partial charge in [0.2, 0.25) is 0 Å². The van der Waals surface area contributed by atoms with E-state index >= 15 is 0 Å². The average Bonchev–Trinajstić information content (AvgIpc) is 2.85. The molecule has 0 aliphatic rings. The van der Waals surface area contributed by atoms with E-state index in [0.717, 1.165) is 5.69 Å². The first-order valence-electron chi connectivity index (χ1n) is 6.42. The molecule has 0 amide bonds. The summed E-state index contributed by atoms with van der Waals surface area (Å²) < 4.78 is 3.20. The van der Waals surface area contributed by atoms with Crippen molar-refractivity contribution < 1.29 is 0 Å². The van der Waals surface area contributed by atoms with Gasteiger partial charge in [0.05, 0.1) is 6.20 Å². The largest absolute Gasteiger partial charge is 0.383 e. The number of aryl methyl sites for hydroxylation is 1. The van der Waals surface area contributed by atoms with E-state index in [9.17, 15) is 4.79 Å². The molecule has 6 heteroatoms. The van der Waals surface area contributed by atoms with Crippen molar-refractivity contribution >= 4 is 16.7 Å². The number of nitrogens with zero attached hydrogens (tertiary/aromatic N) is 4. The van der Waals surface area contributed by atoms with Gasteiger partial charge in [0.25, 0.3) is 5.56 Å². The molecule has 0 atom stereocenters. The van der Waals surface area contributed by atoms with E-state index in [-0.39, 0.29) is 5.56 Å². The Bertz CT molecular complexity index is 775. The number of aromatic nitrogens is 4. The second-order valence-electron chi connectivity index (χ2n) is 4.54. The molecule has 6 nitrogen and oxygen atoms in total. The van der Waals surface area contributed by atoms with Crippen LogP contribution in [0.2, 0.25) is 0 Å². The summed E-state index contributed by atoms with van der Waals surface area (Å²) in [7, 11) is 1.77. The van der Waals surface area contributed by atoms with Crippen molar-refractivity contribution in [3.63, 3.8) is 0 Å². The number of rotatable bonds is 4. The minimum Gasteiger partial charge on any atom is -0.383 e. The first kappa shape index (κ1) is 12.4. The van der Waals surface area contributed by atoms with E-state index in [2.05, 4.69) is 15.4 Å². The Morgan fingerprint density at radius 2 is 2.05 bits per heavy atom. The summed E-state index contributed by atoms with van der Waals surface area (Å²) in [6.45, 7) is 1.23. The van der Waals surface area contributed by atoms with Crippen molar-refractivity contribution in [3.05, 3.63) is 53.2 Å². The fourth-order valence-corrected chi connectivity index (χ4v) is 2.10. The van der Waals surface area contributed by atoms with Crippen LogP contribution in [0.15, 0.2) is 47.7 Å². The Labute approximate surface area is 115 Å². The number of anilines is 1. The number of hydrogen-bond acceptors (Lipinski definition) is 4. The van der Waals surface area contributed by atoms with Crippen LogP contribution >= 0.6 is 0 Å². The van der Waals surface area contributed by atoms with Crippen LogP contribution in [-0.2, 0) is 13.6 Å². The van der Waals surface area contributed by atoms with Gasteiger partial charge in [-0.15, -0.1) is 0 Å². The lowest BCUT2D eigenvalue weighted by Crippen LogP contribution is -2.24. The molecule has 1 aromatic carbocycles. The molecule has 1 N–H and O–H groups in total. The maximum atomic E-state index is 12.2. The fraction of sp³-hybridized carbons (Fsp3) is 0.214. The number of nitrogens with one attached hydrogen (secondary N) is 1. The summed E-state index contributed by atoms with van der Waals surface area (Å²) in [4.78, 5) is 16.5. The zero-order valence-electron chi connectivity index (χ0n) is 11.2. The number of hydrogen-bond donors (Lipinski definition) is 1. The zero-order chi connectivity index (χ0) is 13.9. The van der Waals surface area contributed by atoms with Gasteiger partial charge in [-0.25, -0.2) is 4.98 Å². The molecular weight excluding hydrogens is 254 g/mol. The monoisotopic (exact) mass is 269 g/mol. The molecular formula is C14H15N5O. The van der Waals surface area contributed by atoms with Crippen molar-refractivity contribution in [2.45, 2.75) is 6.54 Å². The third kappa shape index (κ3) is 2.27. The van der Waals surface area contributed by atoms with Crippen molar-refractivity contribution in [1.82, 2.24) is 19.3 Å². The second-order valence-corrected chi connectivity index (χ2v) is 4.54. The summed E-state index contributed by atoms with van der Waals surface area (Å²) in [6.07, 6.45) is 3.13. The lowest BCUT2D eigenvalue weighted by atomic mass is 10.3. The lowest BCUT2D eigenvalue weighted by Gasteiger charge is -2.08. The van der Waals surface area contributed by atoms with Gasteiger partial charge in [0.15, 0.2) is 5.65 Å². The molecule has 0 aliphatic carbocycles. The van der Waals surface area contributed by atoms with Gasteiger partial charge in [0.1, 0.15) is 11.7 Å². The molecule has 3 aromatic rings. The van der Waals surface area contributed by atoms with Crippen molar-refractivity contribution in [2.75, 3.05) is 11.9 Å². The first-order valence-corrected chi connectivity index (χ1v) is 6.42. The molecule has 0 bridgehead atoms. The molecule has 0 fully saturated rings. The quantitative estimate of drug-likeness (QED) is 0.774. The van der Waals surface area contributed by atoms with Crippen LogP contribution in [-0.4, -0.2) is 25.9 Å². The van der Waals surface area contributed by atoms with E-state index in [1.54, 1.807) is 28.8 Å². The zero-order valence-corrected chi connectivity index (χ0v) is 11.2. The number of para-hydroxylation sites is 1. The Morgan fingerprint density at radius 1 is 1.25 bits per heavy atom. The second kappa shape index (κ2) is 5.16. The highest BCUT2D eigenvalue weighted by Gasteiger charge is 2.07. The normalized spacial score (nSPS) is 10.8. The van der Waals surface area contributed by atoms with Crippen molar-refractivity contribution in [3.8, 4) is 0 Å². The van der Waals surface area contributed by atoms with Gasteiger partial charge in [0, 0.05) is 25.8 Å². The van der Waals surface area contributed by atoms with E-state index in [1.165, 1.54) is 0 Å². The fourth-order valence-electron chi connectivity index (χ4n) is 2.10. The maximum Gasteiger partial charge on any atom is 0.264 e. The molecule has 0 radical (unpaired) electrons. The summed E-state index contributed by atoms with van der Waals surface area (Å²) in [5.41, 5.74) is 1.59. The van der Waals surface area contributed by atoms with Gasteiger partial charge in [-0.05, 0) is 12.1 Å². The van der Waals surface area contributed by atoms with Crippen LogP contribution in [0.5, 0.6) is 0 Å². The van der Waals surface area contributed by atoms with Crippen LogP contribution in [0.25, 0.3) is 11.0 Å². The molecule has 2 heterocycles. The third-order valence-corrected chi connectivity index (χ3v) is 3.17. The smallest absolute Gasteiger partial charge is 0.264 e. The molecule has 0 saturated heterocycles. The van der Waals surface area contributed by atoms with Gasteiger partial charge in [-0.1, -0.05) is 18.2 Å². The van der Waals surface area contributed by atoms with Crippen molar-refractivity contribution in [1.29, 1.82) is 0 Å². The van der Waals surface area contributed by atoms with Gasteiger partial charge in [-0.3, -0.25) is 14.0 Å². The molecule has 3 rings (SSSR count). The Balaban J connectivity index is 1.75. The van der Waals surface area contributed by atoms with Gasteiger partial charge in [-0.2, -0.15) is 5.10 Å². The molecule has 0 saturated carbocycles. The molecule has 0 spiro atoms. The Morgan fingerprint density at radius 3 is 2.85 bits per heavy atom. The topological polar surface area (TPSA) is 64.7 Å². The Hall–Kier alpha value is -2.63. The number of benzene rings is 1.